The van der Waals surface area contributed by atoms with Crippen LogP contribution in [0.5, 0.6) is 0 Å². The molecule has 0 saturated heterocycles. The van der Waals surface area contributed by atoms with Gasteiger partial charge in [-0.1, -0.05) is 55.5 Å². The molecule has 0 nitrogen and oxygen atoms in total. The lowest BCUT2D eigenvalue weighted by Gasteiger charge is -2.41. The van der Waals surface area contributed by atoms with Gasteiger partial charge in [0, 0.05) is 0 Å². The quantitative estimate of drug-likeness (QED) is 0.350. The fourth-order valence-electron chi connectivity index (χ4n) is 2.07. The van der Waals surface area contributed by atoms with E-state index in [1.807, 2.05) is 6.08 Å². The fourth-order valence-corrected chi connectivity index (χ4v) is 5.92. The number of hydrogen-bond acceptors (Lipinski definition) is 0. The monoisotopic (exact) mass is 214 g/mol. The first-order chi connectivity index (χ1) is 6.19. The molecule has 0 aromatic rings. The van der Waals surface area contributed by atoms with Crippen molar-refractivity contribution in [1.82, 2.24) is 0 Å². The molecule has 0 atom stereocenters. The Balaban J connectivity index is 4.35. The van der Waals surface area contributed by atoms with Crippen LogP contribution in [-0.2, 0) is 0 Å². The van der Waals surface area contributed by atoms with Gasteiger partial charge >= 0.3 is 0 Å². The summed E-state index contributed by atoms with van der Waals surface area (Å²) in [6, 6.07) is 0. The van der Waals surface area contributed by atoms with Crippen LogP contribution in [0.25, 0.3) is 0 Å². The minimum absolute atomic E-state index is 0.0979. The van der Waals surface area contributed by atoms with Gasteiger partial charge in [-0.2, -0.15) is 0 Å². The molecule has 0 amide bonds. The maximum Gasteiger partial charge on any atom is -0.0175 e. The third kappa shape index (κ3) is 5.15. The van der Waals surface area contributed by atoms with Gasteiger partial charge in [0.1, 0.15) is 0 Å². The lowest BCUT2D eigenvalue weighted by Crippen LogP contribution is -2.26. The van der Waals surface area contributed by atoms with E-state index in [1.54, 1.807) is 0 Å². The minimum atomic E-state index is 0.0979. The van der Waals surface area contributed by atoms with Crippen molar-refractivity contribution < 1.29 is 0 Å². The molecule has 84 valence electrons. The Hall–Kier alpha value is 0.170. The van der Waals surface area contributed by atoms with Gasteiger partial charge in [0.05, 0.1) is 0 Å². The first-order valence-electron chi connectivity index (χ1n) is 5.58. The summed E-state index contributed by atoms with van der Waals surface area (Å²) in [4.78, 5) is 0. The predicted octanol–water partition coefficient (Wildman–Crippen LogP) is 5.03. The van der Waals surface area contributed by atoms with Crippen molar-refractivity contribution in [1.29, 1.82) is 0 Å². The second kappa shape index (κ2) is 5.31. The highest BCUT2D eigenvalue weighted by molar-refractivity contribution is 7.60. The zero-order valence-electron chi connectivity index (χ0n) is 10.9. The lowest BCUT2D eigenvalue weighted by atomic mass is 10.2. The van der Waals surface area contributed by atoms with Crippen LogP contribution in [0.1, 0.15) is 54.4 Å². The summed E-state index contributed by atoms with van der Waals surface area (Å²) in [5.74, 6) is 0. The number of hydrogen-bond donors (Lipinski definition) is 0. The topological polar surface area (TPSA) is 0 Å². The standard InChI is InChI=1S/C13H27P/c1-8-9-10-11-14(12(2,3)4)13(5,6)7/h8H,1,9-11H2,2-7H3. The summed E-state index contributed by atoms with van der Waals surface area (Å²) in [5.41, 5.74) is 0. The molecule has 0 unspecified atom stereocenters. The third-order valence-electron chi connectivity index (χ3n) is 2.41. The second-order valence-electron chi connectivity index (χ2n) is 5.92. The average molecular weight is 214 g/mol. The van der Waals surface area contributed by atoms with Crippen LogP contribution >= 0.6 is 7.92 Å². The van der Waals surface area contributed by atoms with E-state index in [9.17, 15) is 0 Å². The molecule has 0 heterocycles. The van der Waals surface area contributed by atoms with Crippen LogP contribution in [0.2, 0.25) is 0 Å². The van der Waals surface area contributed by atoms with Crippen molar-refractivity contribution in [2.24, 2.45) is 0 Å². The van der Waals surface area contributed by atoms with Crippen LogP contribution in [0.3, 0.4) is 0 Å². The van der Waals surface area contributed by atoms with E-state index >= 15 is 0 Å². The molecule has 0 bridgehead atoms. The SMILES string of the molecule is C=CCCCP(C(C)(C)C)C(C)(C)C. The summed E-state index contributed by atoms with van der Waals surface area (Å²) in [6.45, 7) is 18.1. The Labute approximate surface area is 91.9 Å². The van der Waals surface area contributed by atoms with E-state index in [4.69, 9.17) is 0 Å². The molecule has 0 N–H and O–H groups in total. The van der Waals surface area contributed by atoms with Crippen molar-refractivity contribution in [2.75, 3.05) is 6.16 Å². The molecule has 0 aromatic heterocycles. The molecule has 0 aliphatic carbocycles. The third-order valence-corrected chi connectivity index (χ3v) is 6.41. The largest absolute Gasteiger partial charge is 0.103 e. The van der Waals surface area contributed by atoms with Crippen molar-refractivity contribution in [3.05, 3.63) is 12.7 Å². The molecular weight excluding hydrogens is 187 g/mol. The number of rotatable bonds is 4. The lowest BCUT2D eigenvalue weighted by molar-refractivity contribution is 0.698. The van der Waals surface area contributed by atoms with Crippen LogP contribution < -0.4 is 0 Å². The van der Waals surface area contributed by atoms with Gasteiger partial charge < -0.3 is 0 Å². The first kappa shape index (κ1) is 14.2. The summed E-state index contributed by atoms with van der Waals surface area (Å²) in [7, 11) is 0.0979. The highest BCUT2D eigenvalue weighted by Crippen LogP contribution is 2.59. The molecular formula is C13H27P. The maximum absolute atomic E-state index is 3.79. The van der Waals surface area contributed by atoms with E-state index in [-0.39, 0.29) is 7.92 Å². The molecule has 14 heavy (non-hydrogen) atoms. The Morgan fingerprint density at radius 3 is 1.71 bits per heavy atom. The predicted molar refractivity (Wildman–Crippen MR) is 70.7 cm³/mol. The molecule has 0 aromatic carbocycles. The average Bonchev–Trinajstić information content (AvgIpc) is 1.92. The Morgan fingerprint density at radius 1 is 1.00 bits per heavy atom. The highest BCUT2D eigenvalue weighted by atomic mass is 31.1. The van der Waals surface area contributed by atoms with Gasteiger partial charge in [-0.05, 0) is 29.3 Å². The molecule has 0 saturated carbocycles. The summed E-state index contributed by atoms with van der Waals surface area (Å²) in [5, 5.41) is 0.962. The van der Waals surface area contributed by atoms with Gasteiger partial charge in [0.15, 0.2) is 0 Å². The van der Waals surface area contributed by atoms with Crippen LogP contribution in [-0.4, -0.2) is 16.5 Å². The molecule has 0 aliphatic heterocycles. The summed E-state index contributed by atoms with van der Waals surface area (Å²) >= 11 is 0. The highest BCUT2D eigenvalue weighted by Gasteiger charge is 2.33. The summed E-state index contributed by atoms with van der Waals surface area (Å²) in [6.07, 6.45) is 5.90. The van der Waals surface area contributed by atoms with Crippen LogP contribution in [0.4, 0.5) is 0 Å². The first-order valence-corrected chi connectivity index (χ1v) is 7.11. The molecule has 0 radical (unpaired) electrons. The van der Waals surface area contributed by atoms with Crippen LogP contribution in [0.15, 0.2) is 12.7 Å². The van der Waals surface area contributed by atoms with E-state index in [0.717, 1.165) is 0 Å². The molecule has 0 fully saturated rings. The van der Waals surface area contributed by atoms with Gasteiger partial charge in [0.25, 0.3) is 0 Å². The van der Waals surface area contributed by atoms with Gasteiger partial charge in [-0.3, -0.25) is 0 Å². The number of unbranched alkanes of at least 4 members (excludes halogenated alkanes) is 1. The van der Waals surface area contributed by atoms with E-state index < -0.39 is 0 Å². The Bertz CT molecular complexity index is 155. The zero-order chi connectivity index (χ0) is 11.4. The maximum atomic E-state index is 3.79. The van der Waals surface area contributed by atoms with Crippen molar-refractivity contribution in [2.45, 2.75) is 64.7 Å². The van der Waals surface area contributed by atoms with E-state index in [2.05, 4.69) is 48.1 Å². The van der Waals surface area contributed by atoms with Crippen molar-refractivity contribution >= 4 is 7.92 Å². The molecule has 0 aliphatic rings. The Morgan fingerprint density at radius 2 is 1.43 bits per heavy atom. The fraction of sp³-hybridized carbons (Fsp3) is 0.846. The van der Waals surface area contributed by atoms with Gasteiger partial charge in [-0.25, -0.2) is 0 Å². The van der Waals surface area contributed by atoms with Crippen molar-refractivity contribution in [3.63, 3.8) is 0 Å². The minimum Gasteiger partial charge on any atom is -0.103 e. The smallest absolute Gasteiger partial charge is 0.0175 e. The Kier molecular flexibility index (Phi) is 5.37. The number of allylic oxidation sites excluding steroid dienone is 1. The van der Waals surface area contributed by atoms with Crippen LogP contribution in [0, 0.1) is 0 Å². The van der Waals surface area contributed by atoms with E-state index in [1.165, 1.54) is 19.0 Å². The molecule has 0 rings (SSSR count). The molecule has 1 heteroatoms. The normalized spacial score (nSPS) is 13.4. The van der Waals surface area contributed by atoms with Crippen molar-refractivity contribution in [3.8, 4) is 0 Å². The summed E-state index contributed by atoms with van der Waals surface area (Å²) < 4.78 is 0. The van der Waals surface area contributed by atoms with Gasteiger partial charge in [0.2, 0.25) is 0 Å². The van der Waals surface area contributed by atoms with Gasteiger partial charge in [-0.15, -0.1) is 6.58 Å². The zero-order valence-corrected chi connectivity index (χ0v) is 11.7. The molecule has 0 spiro atoms. The van der Waals surface area contributed by atoms with E-state index in [0.29, 0.717) is 10.3 Å². The second-order valence-corrected chi connectivity index (χ2v) is 9.91.